The van der Waals surface area contributed by atoms with Crippen molar-refractivity contribution in [1.29, 1.82) is 0 Å². The first kappa shape index (κ1) is 14.0. The lowest BCUT2D eigenvalue weighted by molar-refractivity contribution is -0.0723. The van der Waals surface area contributed by atoms with Crippen molar-refractivity contribution < 1.29 is 9.84 Å². The second kappa shape index (κ2) is 5.27. The summed E-state index contributed by atoms with van der Waals surface area (Å²) in [5.74, 6) is 0. The van der Waals surface area contributed by atoms with Gasteiger partial charge >= 0.3 is 0 Å². The molecule has 0 radical (unpaired) electrons. The lowest BCUT2D eigenvalue weighted by atomic mass is 9.83. The maximum Gasteiger partial charge on any atom is 0.106 e. The number of aromatic nitrogens is 1. The summed E-state index contributed by atoms with van der Waals surface area (Å²) in [4.78, 5) is 4.32. The summed E-state index contributed by atoms with van der Waals surface area (Å²) in [6, 6.07) is 9.77. The monoisotopic (exact) mass is 259 g/mol. The fourth-order valence-electron chi connectivity index (χ4n) is 2.40. The van der Waals surface area contributed by atoms with Gasteiger partial charge in [0.2, 0.25) is 0 Å². The fourth-order valence-corrected chi connectivity index (χ4v) is 2.40. The number of hydrogen-bond acceptors (Lipinski definition) is 3. The van der Waals surface area contributed by atoms with Crippen LogP contribution in [0, 0.1) is 5.41 Å². The average molecular weight is 259 g/mol. The number of aliphatic hydroxyl groups excluding tert-OH is 1. The minimum Gasteiger partial charge on any atom is -0.386 e. The van der Waals surface area contributed by atoms with Gasteiger partial charge in [0.15, 0.2) is 0 Å². The Bertz CT molecular complexity index is 560. The third-order valence-electron chi connectivity index (χ3n) is 3.37. The largest absolute Gasteiger partial charge is 0.386 e. The predicted molar refractivity (Wildman–Crippen MR) is 77.0 cm³/mol. The molecule has 0 bridgehead atoms. The minimum absolute atomic E-state index is 0.132. The van der Waals surface area contributed by atoms with E-state index in [2.05, 4.69) is 25.8 Å². The number of benzene rings is 1. The number of pyridine rings is 1. The quantitative estimate of drug-likeness (QED) is 0.919. The molecule has 1 aromatic heterocycles. The van der Waals surface area contributed by atoms with E-state index in [0.717, 1.165) is 16.5 Å². The molecule has 19 heavy (non-hydrogen) atoms. The molecule has 2 unspecified atom stereocenters. The molecule has 2 aromatic rings. The molecule has 102 valence electrons. The van der Waals surface area contributed by atoms with E-state index in [1.807, 2.05) is 30.3 Å². The van der Waals surface area contributed by atoms with Crippen molar-refractivity contribution in [3.63, 3.8) is 0 Å². The molecule has 2 rings (SSSR count). The first-order valence-corrected chi connectivity index (χ1v) is 6.49. The second-order valence-corrected chi connectivity index (χ2v) is 5.92. The first-order valence-electron chi connectivity index (χ1n) is 6.49. The zero-order valence-electron chi connectivity index (χ0n) is 11.9. The highest BCUT2D eigenvalue weighted by Gasteiger charge is 2.32. The van der Waals surface area contributed by atoms with Crippen LogP contribution in [0.3, 0.4) is 0 Å². The number of aliphatic hydroxyl groups is 1. The van der Waals surface area contributed by atoms with Crippen molar-refractivity contribution in [3.05, 3.63) is 42.1 Å². The molecule has 0 amide bonds. The number of hydrogen-bond donors (Lipinski definition) is 1. The Morgan fingerprint density at radius 2 is 1.95 bits per heavy atom. The van der Waals surface area contributed by atoms with Gasteiger partial charge in [-0.15, -0.1) is 0 Å². The van der Waals surface area contributed by atoms with Gasteiger partial charge in [-0.05, 0) is 23.1 Å². The topological polar surface area (TPSA) is 42.4 Å². The summed E-state index contributed by atoms with van der Waals surface area (Å²) in [7, 11) is 1.64. The van der Waals surface area contributed by atoms with Crippen molar-refractivity contribution in [3.8, 4) is 0 Å². The Morgan fingerprint density at radius 3 is 2.58 bits per heavy atom. The first-order chi connectivity index (χ1) is 8.93. The van der Waals surface area contributed by atoms with Crippen LogP contribution in [0.5, 0.6) is 0 Å². The molecule has 1 aromatic carbocycles. The van der Waals surface area contributed by atoms with Gasteiger partial charge in [0.25, 0.3) is 0 Å². The number of fused-ring (bicyclic) bond motifs is 1. The molecule has 1 N–H and O–H groups in total. The highest BCUT2D eigenvalue weighted by Crippen LogP contribution is 2.33. The molecule has 0 aliphatic carbocycles. The second-order valence-electron chi connectivity index (χ2n) is 5.92. The van der Waals surface area contributed by atoms with Crippen LogP contribution < -0.4 is 0 Å². The maximum atomic E-state index is 10.5. The van der Waals surface area contributed by atoms with E-state index in [1.165, 1.54) is 0 Å². The van der Waals surface area contributed by atoms with Crippen LogP contribution in [0.4, 0.5) is 0 Å². The van der Waals surface area contributed by atoms with Gasteiger partial charge in [-0.1, -0.05) is 39.0 Å². The molecule has 0 aliphatic heterocycles. The van der Waals surface area contributed by atoms with E-state index in [-0.39, 0.29) is 11.5 Å². The van der Waals surface area contributed by atoms with Crippen LogP contribution in [-0.4, -0.2) is 23.3 Å². The predicted octanol–water partition coefficient (Wildman–Crippen LogP) is 3.33. The molecule has 0 aliphatic rings. The van der Waals surface area contributed by atoms with Crippen molar-refractivity contribution in [2.45, 2.75) is 33.0 Å². The van der Waals surface area contributed by atoms with Crippen molar-refractivity contribution >= 4 is 10.9 Å². The van der Waals surface area contributed by atoms with Crippen LogP contribution >= 0.6 is 0 Å². The highest BCUT2D eigenvalue weighted by atomic mass is 16.5. The van der Waals surface area contributed by atoms with Gasteiger partial charge in [0.1, 0.15) is 6.10 Å². The van der Waals surface area contributed by atoms with Crippen LogP contribution in [0.1, 0.15) is 32.4 Å². The lowest BCUT2D eigenvalue weighted by Crippen LogP contribution is -2.34. The Labute approximate surface area is 114 Å². The SMILES string of the molecule is COC(C(O)c1ccc2cccnc2c1)C(C)(C)C. The lowest BCUT2D eigenvalue weighted by Gasteiger charge is -2.33. The summed E-state index contributed by atoms with van der Waals surface area (Å²) >= 11 is 0. The van der Waals surface area contributed by atoms with Gasteiger partial charge in [0.05, 0.1) is 11.6 Å². The third-order valence-corrected chi connectivity index (χ3v) is 3.37. The smallest absolute Gasteiger partial charge is 0.106 e. The number of nitrogens with zero attached hydrogens (tertiary/aromatic N) is 1. The summed E-state index contributed by atoms with van der Waals surface area (Å²) in [6.45, 7) is 6.18. The van der Waals surface area contributed by atoms with Gasteiger partial charge in [-0.25, -0.2) is 0 Å². The normalized spacial score (nSPS) is 15.4. The number of rotatable bonds is 3. The van der Waals surface area contributed by atoms with Crippen LogP contribution in [0.2, 0.25) is 0 Å². The van der Waals surface area contributed by atoms with Gasteiger partial charge in [-0.3, -0.25) is 4.98 Å². The standard InChI is InChI=1S/C16H21NO2/c1-16(2,3)15(19-4)14(18)12-8-7-11-6-5-9-17-13(11)10-12/h5-10,14-15,18H,1-4H3. The number of ether oxygens (including phenoxy) is 1. The van der Waals surface area contributed by atoms with Crippen molar-refractivity contribution in [2.75, 3.05) is 7.11 Å². The molecule has 2 atom stereocenters. The summed E-state index contributed by atoms with van der Waals surface area (Å²) in [5.41, 5.74) is 1.60. The van der Waals surface area contributed by atoms with Crippen LogP contribution in [-0.2, 0) is 4.74 Å². The highest BCUT2D eigenvalue weighted by molar-refractivity contribution is 5.78. The van der Waals surface area contributed by atoms with Crippen molar-refractivity contribution in [1.82, 2.24) is 4.98 Å². The van der Waals surface area contributed by atoms with Gasteiger partial charge in [-0.2, -0.15) is 0 Å². The zero-order chi connectivity index (χ0) is 14.0. The van der Waals surface area contributed by atoms with Gasteiger partial charge < -0.3 is 9.84 Å². The zero-order valence-corrected chi connectivity index (χ0v) is 11.9. The Morgan fingerprint density at radius 1 is 1.21 bits per heavy atom. The van der Waals surface area contributed by atoms with E-state index in [4.69, 9.17) is 4.74 Å². The molecule has 1 heterocycles. The molecule has 0 saturated heterocycles. The molecule has 3 nitrogen and oxygen atoms in total. The van der Waals surface area contributed by atoms with Crippen LogP contribution in [0.15, 0.2) is 36.5 Å². The van der Waals surface area contributed by atoms with E-state index in [0.29, 0.717) is 0 Å². The summed E-state index contributed by atoms with van der Waals surface area (Å²) < 4.78 is 5.47. The molecule has 0 saturated carbocycles. The Kier molecular flexibility index (Phi) is 3.88. The van der Waals surface area contributed by atoms with Crippen molar-refractivity contribution in [2.24, 2.45) is 5.41 Å². The van der Waals surface area contributed by atoms with E-state index in [9.17, 15) is 5.11 Å². The fraction of sp³-hybridized carbons (Fsp3) is 0.438. The van der Waals surface area contributed by atoms with E-state index in [1.54, 1.807) is 13.3 Å². The summed E-state index contributed by atoms with van der Waals surface area (Å²) in [5, 5.41) is 11.6. The molecular formula is C16H21NO2. The number of methoxy groups -OCH3 is 1. The molecule has 3 heteroatoms. The Balaban J connectivity index is 2.38. The van der Waals surface area contributed by atoms with E-state index < -0.39 is 6.10 Å². The average Bonchev–Trinajstić information content (AvgIpc) is 2.37. The third kappa shape index (κ3) is 2.94. The molecule has 0 fully saturated rings. The van der Waals surface area contributed by atoms with E-state index >= 15 is 0 Å². The molecular weight excluding hydrogens is 238 g/mol. The van der Waals surface area contributed by atoms with Crippen LogP contribution in [0.25, 0.3) is 10.9 Å². The summed E-state index contributed by atoms with van der Waals surface area (Å²) in [6.07, 6.45) is 0.848. The minimum atomic E-state index is -0.656. The molecule has 0 spiro atoms. The maximum absolute atomic E-state index is 10.5. The Hall–Kier alpha value is -1.45. The van der Waals surface area contributed by atoms with Gasteiger partial charge in [0, 0.05) is 18.7 Å².